The Kier molecular flexibility index (Phi) is 15.8. The lowest BCUT2D eigenvalue weighted by Crippen LogP contribution is -2.14. The van der Waals surface area contributed by atoms with E-state index in [0.29, 0.717) is 0 Å². The quantitative estimate of drug-likeness (QED) is 0.410. The van der Waals surface area contributed by atoms with Crippen molar-refractivity contribution >= 4 is 17.0 Å². The van der Waals surface area contributed by atoms with Crippen LogP contribution in [-0.4, -0.2) is 6.54 Å². The Morgan fingerprint density at radius 3 is 1.81 bits per heavy atom. The van der Waals surface area contributed by atoms with Gasteiger partial charge >= 0.3 is 0 Å². The summed E-state index contributed by atoms with van der Waals surface area (Å²) in [7, 11) is 0. The van der Waals surface area contributed by atoms with Gasteiger partial charge in [-0.1, -0.05) is 95.0 Å². The molecule has 0 aliphatic rings. The highest BCUT2D eigenvalue weighted by Gasteiger charge is 1.93. The number of hydrogen-bond acceptors (Lipinski definition) is 1. The average Bonchev–Trinajstić information content (AvgIpc) is 2.49. The Hall–Kier alpha value is -0.340. The van der Waals surface area contributed by atoms with Crippen molar-refractivity contribution in [3.05, 3.63) is 35.9 Å². The van der Waals surface area contributed by atoms with E-state index in [1.807, 2.05) is 0 Å². The van der Waals surface area contributed by atoms with Crippen LogP contribution in [0.1, 0.15) is 76.7 Å². The predicted molar refractivity (Wildman–Crippen MR) is 100 cm³/mol. The molecule has 0 aromatic heterocycles. The molecule has 0 saturated carbocycles. The third-order valence-electron chi connectivity index (χ3n) is 3.88. The maximum atomic E-state index is 3.53. The molecule has 122 valence electrons. The zero-order chi connectivity index (χ0) is 14.3. The largest absolute Gasteiger partial charge is 0.313 e. The van der Waals surface area contributed by atoms with Crippen LogP contribution in [0, 0.1) is 0 Å². The Labute approximate surface area is 142 Å². The molecule has 1 rings (SSSR count). The number of nitrogens with one attached hydrogen (secondary N) is 1. The molecule has 1 aromatic rings. The Morgan fingerprint density at radius 2 is 1.24 bits per heavy atom. The number of benzene rings is 1. The van der Waals surface area contributed by atoms with Crippen molar-refractivity contribution in [3.8, 4) is 0 Å². The fraction of sp³-hybridized carbons (Fsp3) is 0.684. The lowest BCUT2D eigenvalue weighted by molar-refractivity contribution is 0.543. The molecule has 1 N–H and O–H groups in total. The van der Waals surface area contributed by atoms with Gasteiger partial charge in [-0.2, -0.15) is 0 Å². The van der Waals surface area contributed by atoms with Crippen LogP contribution in [0.25, 0.3) is 0 Å². The molecule has 2 heteroatoms. The van der Waals surface area contributed by atoms with Crippen molar-refractivity contribution < 1.29 is 0 Å². The van der Waals surface area contributed by atoms with Crippen molar-refractivity contribution in [2.75, 3.05) is 6.54 Å². The average molecular weight is 356 g/mol. The molecule has 0 spiro atoms. The van der Waals surface area contributed by atoms with E-state index in [4.69, 9.17) is 0 Å². The van der Waals surface area contributed by atoms with E-state index in [-0.39, 0.29) is 17.0 Å². The van der Waals surface area contributed by atoms with Gasteiger partial charge in [0.05, 0.1) is 0 Å². The first-order valence-electron chi connectivity index (χ1n) is 8.68. The van der Waals surface area contributed by atoms with E-state index in [1.54, 1.807) is 0 Å². The minimum atomic E-state index is 0. The Bertz CT molecular complexity index is 300. The third-order valence-corrected chi connectivity index (χ3v) is 3.88. The van der Waals surface area contributed by atoms with Crippen LogP contribution < -0.4 is 5.32 Å². The highest BCUT2D eigenvalue weighted by Crippen LogP contribution is 2.10. The van der Waals surface area contributed by atoms with Gasteiger partial charge in [0.25, 0.3) is 0 Å². The Balaban J connectivity index is 0.00000400. The fourth-order valence-corrected chi connectivity index (χ4v) is 2.57. The first-order chi connectivity index (χ1) is 9.93. The van der Waals surface area contributed by atoms with Gasteiger partial charge < -0.3 is 5.32 Å². The zero-order valence-electron chi connectivity index (χ0n) is 13.8. The number of unbranched alkanes of at least 4 members (excludes halogenated alkanes) is 9. The van der Waals surface area contributed by atoms with Gasteiger partial charge in [0.2, 0.25) is 0 Å². The van der Waals surface area contributed by atoms with Gasteiger partial charge in [-0.3, -0.25) is 0 Å². The zero-order valence-corrected chi connectivity index (χ0v) is 15.5. The number of rotatable bonds is 13. The summed E-state index contributed by atoms with van der Waals surface area (Å²) in [6, 6.07) is 10.7. The molecule has 0 bridgehead atoms. The second-order valence-corrected chi connectivity index (χ2v) is 5.84. The van der Waals surface area contributed by atoms with Crippen LogP contribution in [-0.2, 0) is 6.54 Å². The molecule has 21 heavy (non-hydrogen) atoms. The van der Waals surface area contributed by atoms with Gasteiger partial charge in [-0.05, 0) is 18.5 Å². The first-order valence-corrected chi connectivity index (χ1v) is 8.68. The lowest BCUT2D eigenvalue weighted by atomic mass is 10.1. The van der Waals surface area contributed by atoms with Crippen LogP contribution in [0.15, 0.2) is 30.3 Å². The van der Waals surface area contributed by atoms with Gasteiger partial charge in [-0.25, -0.2) is 0 Å². The van der Waals surface area contributed by atoms with E-state index in [0.717, 1.165) is 13.1 Å². The van der Waals surface area contributed by atoms with Crippen molar-refractivity contribution in [2.45, 2.75) is 77.7 Å². The molecule has 1 nitrogen and oxygen atoms in total. The summed E-state index contributed by atoms with van der Waals surface area (Å²) < 4.78 is 0. The van der Waals surface area contributed by atoms with Gasteiger partial charge in [0.15, 0.2) is 0 Å². The second kappa shape index (κ2) is 16.0. The van der Waals surface area contributed by atoms with E-state index >= 15 is 0 Å². The molecule has 0 saturated heterocycles. The van der Waals surface area contributed by atoms with Gasteiger partial charge in [0.1, 0.15) is 0 Å². The summed E-state index contributed by atoms with van der Waals surface area (Å²) in [5, 5.41) is 3.53. The minimum Gasteiger partial charge on any atom is -0.313 e. The minimum absolute atomic E-state index is 0. The smallest absolute Gasteiger partial charge is 0.0205 e. The number of hydrogen-bond donors (Lipinski definition) is 1. The van der Waals surface area contributed by atoms with Crippen molar-refractivity contribution in [1.29, 1.82) is 0 Å². The van der Waals surface area contributed by atoms with Crippen LogP contribution in [0.5, 0.6) is 0 Å². The molecule has 0 amide bonds. The summed E-state index contributed by atoms with van der Waals surface area (Å²) in [5.74, 6) is 0. The summed E-state index contributed by atoms with van der Waals surface area (Å²) in [5.41, 5.74) is 1.39. The maximum absolute atomic E-state index is 3.53. The monoisotopic (exact) mass is 355 g/mol. The Morgan fingerprint density at radius 1 is 0.714 bits per heavy atom. The van der Waals surface area contributed by atoms with Gasteiger partial charge in [-0.15, -0.1) is 17.0 Å². The molecule has 0 heterocycles. The SMILES string of the molecule is Br.CCCCCCCCCCCCNCc1ccccc1. The molecule has 0 unspecified atom stereocenters. The highest BCUT2D eigenvalue weighted by atomic mass is 79.9. The van der Waals surface area contributed by atoms with Crippen molar-refractivity contribution in [3.63, 3.8) is 0 Å². The topological polar surface area (TPSA) is 12.0 Å². The van der Waals surface area contributed by atoms with Gasteiger partial charge in [0, 0.05) is 6.54 Å². The van der Waals surface area contributed by atoms with Crippen LogP contribution >= 0.6 is 17.0 Å². The molecular formula is C19H34BrN. The van der Waals surface area contributed by atoms with E-state index < -0.39 is 0 Å². The fourth-order valence-electron chi connectivity index (χ4n) is 2.57. The van der Waals surface area contributed by atoms with Crippen LogP contribution in [0.2, 0.25) is 0 Å². The first kappa shape index (κ1) is 20.7. The highest BCUT2D eigenvalue weighted by molar-refractivity contribution is 8.93. The summed E-state index contributed by atoms with van der Waals surface area (Å²) in [6.07, 6.45) is 14.1. The maximum Gasteiger partial charge on any atom is 0.0205 e. The van der Waals surface area contributed by atoms with Crippen LogP contribution in [0.3, 0.4) is 0 Å². The van der Waals surface area contributed by atoms with Crippen molar-refractivity contribution in [2.24, 2.45) is 0 Å². The molecule has 0 radical (unpaired) electrons. The molecule has 0 fully saturated rings. The third kappa shape index (κ3) is 13.1. The van der Waals surface area contributed by atoms with Crippen molar-refractivity contribution in [1.82, 2.24) is 5.32 Å². The standard InChI is InChI=1S/C19H33N.BrH/c1-2-3-4-5-6-7-8-9-10-14-17-20-18-19-15-12-11-13-16-19;/h11-13,15-16,20H,2-10,14,17-18H2,1H3;1H. The molecule has 0 aliphatic carbocycles. The van der Waals surface area contributed by atoms with Crippen LogP contribution in [0.4, 0.5) is 0 Å². The molecule has 0 aliphatic heterocycles. The van der Waals surface area contributed by atoms with E-state index in [2.05, 4.69) is 42.6 Å². The molecule has 1 aromatic carbocycles. The van der Waals surface area contributed by atoms with E-state index in [9.17, 15) is 0 Å². The molecule has 0 atom stereocenters. The summed E-state index contributed by atoms with van der Waals surface area (Å²) in [4.78, 5) is 0. The number of halogens is 1. The lowest BCUT2D eigenvalue weighted by Gasteiger charge is -2.05. The summed E-state index contributed by atoms with van der Waals surface area (Å²) >= 11 is 0. The predicted octanol–water partition coefficient (Wildman–Crippen LogP) is 6.28. The second-order valence-electron chi connectivity index (χ2n) is 5.84. The normalized spacial score (nSPS) is 10.3. The van der Waals surface area contributed by atoms with E-state index in [1.165, 1.54) is 69.8 Å². The molecular weight excluding hydrogens is 322 g/mol. The summed E-state index contributed by atoms with van der Waals surface area (Å²) in [6.45, 7) is 4.45.